The van der Waals surface area contributed by atoms with Crippen molar-refractivity contribution in [3.8, 4) is 0 Å². The monoisotopic (exact) mass is 473 g/mol. The van der Waals surface area contributed by atoms with Gasteiger partial charge in [0.2, 0.25) is 0 Å². The van der Waals surface area contributed by atoms with Crippen LogP contribution >= 0.6 is 46.6 Å². The molecule has 0 saturated carbocycles. The van der Waals surface area contributed by atoms with Gasteiger partial charge >= 0.3 is 0 Å². The molecule has 0 amide bonds. The van der Waals surface area contributed by atoms with Crippen LogP contribution in [0.15, 0.2) is 66.1 Å². The van der Waals surface area contributed by atoms with Crippen LogP contribution < -0.4 is 0 Å². The molecule has 1 unspecified atom stereocenters. The lowest BCUT2D eigenvalue weighted by atomic mass is 10.1. The summed E-state index contributed by atoms with van der Waals surface area (Å²) in [6.07, 6.45) is 7.60. The molecule has 0 aliphatic heterocycles. The maximum Gasteiger partial charge on any atom is 0.291 e. The predicted octanol–water partition coefficient (Wildman–Crippen LogP) is 6.29. The number of hydrogen-bond donors (Lipinski definition) is 1. The Kier molecular flexibility index (Phi) is 9.60. The first-order chi connectivity index (χ1) is 13.8. The van der Waals surface area contributed by atoms with Crippen molar-refractivity contribution in [3.63, 3.8) is 0 Å². The van der Waals surface area contributed by atoms with Crippen molar-refractivity contribution in [2.75, 3.05) is 0 Å². The van der Waals surface area contributed by atoms with E-state index in [1.54, 1.807) is 18.0 Å². The third kappa shape index (κ3) is 8.53. The Bertz CT molecular complexity index is 905. The fourth-order valence-corrected chi connectivity index (χ4v) is 4.38. The van der Waals surface area contributed by atoms with Gasteiger partial charge in [-0.2, -0.15) is 0 Å². The number of rotatable bonds is 7. The van der Waals surface area contributed by atoms with Crippen LogP contribution in [0.2, 0.25) is 15.1 Å². The molecule has 154 valence electrons. The van der Waals surface area contributed by atoms with Crippen LogP contribution in [0, 0.1) is 10.1 Å². The fraction of sp³-hybridized carbons (Fsp3) is 0.211. The first-order valence-electron chi connectivity index (χ1n) is 8.49. The number of aromatic nitrogens is 2. The number of imidazole rings is 1. The van der Waals surface area contributed by atoms with Gasteiger partial charge in [0.15, 0.2) is 0 Å². The molecule has 0 radical (unpaired) electrons. The summed E-state index contributed by atoms with van der Waals surface area (Å²) in [5, 5.41) is 16.0. The Balaban J connectivity index is 0.000000687. The molecule has 0 aliphatic carbocycles. The lowest BCUT2D eigenvalue weighted by Gasteiger charge is -2.18. The van der Waals surface area contributed by atoms with Crippen molar-refractivity contribution in [1.82, 2.24) is 9.55 Å². The first-order valence-corrected chi connectivity index (χ1v) is 10.5. The number of nitrogens with zero attached hydrogens (tertiary/aromatic N) is 3. The Morgan fingerprint density at radius 1 is 1.17 bits per heavy atom. The van der Waals surface area contributed by atoms with E-state index in [1.807, 2.05) is 42.9 Å². The van der Waals surface area contributed by atoms with Crippen LogP contribution in [-0.4, -0.2) is 25.1 Å². The molecule has 0 aliphatic rings. The van der Waals surface area contributed by atoms with Gasteiger partial charge in [0.25, 0.3) is 5.09 Å². The maximum absolute atomic E-state index is 8.36. The molecule has 29 heavy (non-hydrogen) atoms. The smallest absolute Gasteiger partial charge is 0.291 e. The number of aryl methyl sites for hydroxylation is 1. The molecule has 0 spiro atoms. The van der Waals surface area contributed by atoms with Gasteiger partial charge in [0.1, 0.15) is 0 Å². The summed E-state index contributed by atoms with van der Waals surface area (Å²) in [6, 6.07) is 13.8. The van der Waals surface area contributed by atoms with Gasteiger partial charge in [-0.05, 0) is 42.7 Å². The molecule has 6 nitrogen and oxygen atoms in total. The molecular weight excluding hydrogens is 457 g/mol. The number of hydrogen-bond acceptors (Lipinski definition) is 4. The van der Waals surface area contributed by atoms with Crippen LogP contribution in [-0.2, 0) is 13.0 Å². The zero-order chi connectivity index (χ0) is 21.2. The van der Waals surface area contributed by atoms with E-state index in [0.717, 1.165) is 29.3 Å². The zero-order valence-corrected chi connectivity index (χ0v) is 18.2. The molecule has 0 fully saturated rings. The fourth-order valence-electron chi connectivity index (χ4n) is 2.55. The summed E-state index contributed by atoms with van der Waals surface area (Å²) in [4.78, 5) is 13.5. The van der Waals surface area contributed by atoms with E-state index >= 15 is 0 Å². The second-order valence-electron chi connectivity index (χ2n) is 5.95. The van der Waals surface area contributed by atoms with Gasteiger partial charge in [-0.3, -0.25) is 0 Å². The highest BCUT2D eigenvalue weighted by molar-refractivity contribution is 8.00. The SMILES string of the molecule is Clc1ccc(CCC(Cn2ccnc2)Sc2cccc(Cl)c2Cl)cc1.O=[N+]([O-])O. The van der Waals surface area contributed by atoms with E-state index in [4.69, 9.17) is 50.1 Å². The van der Waals surface area contributed by atoms with Crippen molar-refractivity contribution in [1.29, 1.82) is 0 Å². The normalized spacial score (nSPS) is 11.4. The van der Waals surface area contributed by atoms with Crippen LogP contribution in [0.25, 0.3) is 0 Å². The number of thioether (sulfide) groups is 1. The van der Waals surface area contributed by atoms with Crippen molar-refractivity contribution in [2.45, 2.75) is 29.5 Å². The van der Waals surface area contributed by atoms with E-state index in [2.05, 4.69) is 21.7 Å². The Hall–Kier alpha value is -1.93. The topological polar surface area (TPSA) is 81.2 Å². The van der Waals surface area contributed by atoms with Crippen molar-refractivity contribution in [3.05, 3.63) is 91.9 Å². The second-order valence-corrected chi connectivity index (χ2v) is 8.52. The summed E-state index contributed by atoms with van der Waals surface area (Å²) < 4.78 is 2.10. The molecule has 1 atom stereocenters. The molecular formula is C19H18Cl3N3O3S. The zero-order valence-electron chi connectivity index (χ0n) is 15.1. The van der Waals surface area contributed by atoms with Gasteiger partial charge in [0.05, 0.1) is 16.4 Å². The van der Waals surface area contributed by atoms with E-state index in [-0.39, 0.29) is 0 Å². The van der Waals surface area contributed by atoms with Gasteiger partial charge < -0.3 is 9.77 Å². The van der Waals surface area contributed by atoms with Crippen LogP contribution in [0.4, 0.5) is 0 Å². The van der Waals surface area contributed by atoms with E-state index in [1.165, 1.54) is 5.56 Å². The van der Waals surface area contributed by atoms with Crippen molar-refractivity contribution < 1.29 is 10.3 Å². The molecule has 1 aromatic heterocycles. The third-order valence-corrected chi connectivity index (χ3v) is 6.35. The average Bonchev–Trinajstić information content (AvgIpc) is 3.17. The standard InChI is InChI=1S/C19H17Cl3N2S.HNO3/c20-15-7-4-14(5-8-15)6-9-16(12-24-11-10-23-13-24)25-18-3-1-2-17(21)19(18)22;2-1(3)4/h1-5,7-8,10-11,13,16H,6,9,12H2;(H,2,3,4). The molecule has 3 aromatic rings. The van der Waals surface area contributed by atoms with E-state index in [0.29, 0.717) is 15.3 Å². The lowest BCUT2D eigenvalue weighted by molar-refractivity contribution is -0.742. The Labute approximate surface area is 187 Å². The van der Waals surface area contributed by atoms with Gasteiger partial charge in [-0.1, -0.05) is 53.0 Å². The molecule has 3 rings (SSSR count). The highest BCUT2D eigenvalue weighted by Crippen LogP contribution is 2.36. The van der Waals surface area contributed by atoms with Gasteiger partial charge in [-0.15, -0.1) is 21.9 Å². The molecule has 0 bridgehead atoms. The van der Waals surface area contributed by atoms with Crippen molar-refractivity contribution >= 4 is 46.6 Å². The van der Waals surface area contributed by atoms with Crippen LogP contribution in [0.3, 0.4) is 0 Å². The maximum atomic E-state index is 8.36. The third-order valence-electron chi connectivity index (χ3n) is 3.85. The van der Waals surface area contributed by atoms with Gasteiger partial charge in [-0.25, -0.2) is 4.98 Å². The molecule has 1 N–H and O–H groups in total. The Morgan fingerprint density at radius 2 is 1.86 bits per heavy atom. The number of halogens is 3. The van der Waals surface area contributed by atoms with Crippen molar-refractivity contribution in [2.24, 2.45) is 0 Å². The highest BCUT2D eigenvalue weighted by atomic mass is 35.5. The molecule has 2 aromatic carbocycles. The second kappa shape index (κ2) is 11.9. The van der Waals surface area contributed by atoms with Crippen LogP contribution in [0.5, 0.6) is 0 Å². The largest absolute Gasteiger partial charge is 0.336 e. The van der Waals surface area contributed by atoms with Crippen LogP contribution in [0.1, 0.15) is 12.0 Å². The summed E-state index contributed by atoms with van der Waals surface area (Å²) in [5.74, 6) is 0. The average molecular weight is 475 g/mol. The van der Waals surface area contributed by atoms with E-state index in [9.17, 15) is 0 Å². The Morgan fingerprint density at radius 3 is 2.48 bits per heavy atom. The predicted molar refractivity (Wildman–Crippen MR) is 117 cm³/mol. The summed E-state index contributed by atoms with van der Waals surface area (Å²) in [5.41, 5.74) is 1.28. The molecule has 1 heterocycles. The molecule has 0 saturated heterocycles. The quantitative estimate of drug-likeness (QED) is 0.247. The minimum Gasteiger partial charge on any atom is -0.336 e. The van der Waals surface area contributed by atoms with Gasteiger partial charge in [0, 0.05) is 34.1 Å². The lowest BCUT2D eigenvalue weighted by Crippen LogP contribution is -2.13. The highest BCUT2D eigenvalue weighted by Gasteiger charge is 2.15. The summed E-state index contributed by atoms with van der Waals surface area (Å²) >= 11 is 20.2. The first kappa shape index (κ1) is 23.3. The minimum absolute atomic E-state index is 0.348. The minimum atomic E-state index is -1.50. The summed E-state index contributed by atoms with van der Waals surface area (Å²) in [6.45, 7) is 0.862. The van der Waals surface area contributed by atoms with E-state index < -0.39 is 5.09 Å². The summed E-state index contributed by atoms with van der Waals surface area (Å²) in [7, 11) is 0. The molecule has 10 heteroatoms. The number of benzene rings is 2.